The Hall–Kier alpha value is -2.50. The summed E-state index contributed by atoms with van der Waals surface area (Å²) in [5.41, 5.74) is -0.174. The summed E-state index contributed by atoms with van der Waals surface area (Å²) in [5.74, 6) is 0.261. The molecule has 0 radical (unpaired) electrons. The number of benzene rings is 2. The first-order valence-corrected chi connectivity index (χ1v) is 7.48. The molecule has 1 atom stereocenters. The van der Waals surface area contributed by atoms with Gasteiger partial charge in [0.05, 0.1) is 5.56 Å². The van der Waals surface area contributed by atoms with E-state index in [0.717, 1.165) is 12.1 Å². The average Bonchev–Trinajstić information content (AvgIpc) is 2.53. The van der Waals surface area contributed by atoms with E-state index in [2.05, 4.69) is 5.32 Å². The van der Waals surface area contributed by atoms with Crippen molar-refractivity contribution in [1.82, 2.24) is 5.32 Å². The number of hydrogen-bond donors (Lipinski definition) is 1. The number of carbonyl (C=O) groups is 1. The van der Waals surface area contributed by atoms with Gasteiger partial charge in [-0.05, 0) is 37.1 Å². The van der Waals surface area contributed by atoms with Gasteiger partial charge in [0.1, 0.15) is 5.75 Å². The lowest BCUT2D eigenvalue weighted by atomic mass is 10.0. The lowest BCUT2D eigenvalue weighted by Gasteiger charge is -2.15. The molecule has 3 nitrogen and oxygen atoms in total. The Bertz CT molecular complexity index is 671. The minimum Gasteiger partial charge on any atom is -0.484 e. The Morgan fingerprint density at radius 2 is 1.83 bits per heavy atom. The van der Waals surface area contributed by atoms with Gasteiger partial charge in [0.2, 0.25) is 0 Å². The first-order valence-electron chi connectivity index (χ1n) is 7.48. The molecule has 6 heteroatoms. The number of rotatable bonds is 6. The van der Waals surface area contributed by atoms with Crippen LogP contribution in [0.25, 0.3) is 0 Å². The van der Waals surface area contributed by atoms with Crippen molar-refractivity contribution < 1.29 is 22.7 Å². The second-order valence-electron chi connectivity index (χ2n) is 5.47. The highest BCUT2D eigenvalue weighted by Gasteiger charge is 2.30. The third-order valence-electron chi connectivity index (χ3n) is 3.32. The molecule has 0 aliphatic rings. The van der Waals surface area contributed by atoms with Crippen molar-refractivity contribution in [3.8, 4) is 5.75 Å². The van der Waals surface area contributed by atoms with Crippen molar-refractivity contribution in [1.29, 1.82) is 0 Å². The predicted molar refractivity (Wildman–Crippen MR) is 84.7 cm³/mol. The van der Waals surface area contributed by atoms with Crippen LogP contribution in [0.4, 0.5) is 13.2 Å². The molecule has 0 aliphatic heterocycles. The molecule has 0 saturated carbocycles. The molecule has 0 fully saturated rings. The third-order valence-corrected chi connectivity index (χ3v) is 3.32. The van der Waals surface area contributed by atoms with Crippen LogP contribution in [0.1, 0.15) is 18.1 Å². The van der Waals surface area contributed by atoms with Crippen molar-refractivity contribution in [2.75, 3.05) is 6.61 Å². The van der Waals surface area contributed by atoms with Crippen molar-refractivity contribution in [2.45, 2.75) is 25.6 Å². The van der Waals surface area contributed by atoms with Gasteiger partial charge in [-0.25, -0.2) is 0 Å². The lowest BCUT2D eigenvalue weighted by molar-refractivity contribution is -0.137. The molecule has 1 unspecified atom stereocenters. The summed E-state index contributed by atoms with van der Waals surface area (Å²) >= 11 is 0. The number of hydrogen-bond acceptors (Lipinski definition) is 2. The second kappa shape index (κ2) is 7.86. The molecule has 0 spiro atoms. The summed E-state index contributed by atoms with van der Waals surface area (Å²) in [6.07, 6.45) is -4.06. The minimum atomic E-state index is -4.37. The standard InChI is InChI=1S/C18H18F3NO2/c1-13(10-14-6-5-7-15(11-14)18(19,20)21)22-17(23)12-24-16-8-3-2-4-9-16/h2-9,11,13H,10,12H2,1H3,(H,22,23). The fraction of sp³-hybridized carbons (Fsp3) is 0.278. The Labute approximate surface area is 138 Å². The summed E-state index contributed by atoms with van der Waals surface area (Å²) in [4.78, 5) is 11.8. The number of alkyl halides is 3. The maximum atomic E-state index is 12.7. The smallest absolute Gasteiger partial charge is 0.416 e. The number of amides is 1. The maximum absolute atomic E-state index is 12.7. The van der Waals surface area contributed by atoms with E-state index < -0.39 is 11.7 Å². The van der Waals surface area contributed by atoms with Gasteiger partial charge < -0.3 is 10.1 Å². The second-order valence-corrected chi connectivity index (χ2v) is 5.47. The van der Waals surface area contributed by atoms with Crippen molar-refractivity contribution in [2.24, 2.45) is 0 Å². The van der Waals surface area contributed by atoms with Gasteiger partial charge in [-0.3, -0.25) is 4.79 Å². The van der Waals surface area contributed by atoms with Crippen LogP contribution in [0.5, 0.6) is 5.75 Å². The van der Waals surface area contributed by atoms with Gasteiger partial charge in [-0.1, -0.05) is 36.4 Å². The van der Waals surface area contributed by atoms with Crippen LogP contribution in [0.3, 0.4) is 0 Å². The molecular formula is C18H18F3NO2. The van der Waals surface area contributed by atoms with Gasteiger partial charge in [-0.15, -0.1) is 0 Å². The summed E-state index contributed by atoms with van der Waals surface area (Å²) in [6.45, 7) is 1.59. The molecule has 2 rings (SSSR count). The van der Waals surface area contributed by atoms with E-state index in [1.807, 2.05) is 6.07 Å². The molecule has 24 heavy (non-hydrogen) atoms. The SMILES string of the molecule is CC(Cc1cccc(C(F)(F)F)c1)NC(=O)COc1ccccc1. The van der Waals surface area contributed by atoms with E-state index in [1.54, 1.807) is 37.3 Å². The van der Waals surface area contributed by atoms with Crippen molar-refractivity contribution >= 4 is 5.91 Å². The maximum Gasteiger partial charge on any atom is 0.416 e. The van der Waals surface area contributed by atoms with Crippen LogP contribution in [-0.2, 0) is 17.4 Å². The molecule has 0 aromatic heterocycles. The minimum absolute atomic E-state index is 0.142. The number of ether oxygens (including phenoxy) is 1. The molecule has 0 bridgehead atoms. The van der Waals surface area contributed by atoms with Gasteiger partial charge in [0.25, 0.3) is 5.91 Å². The fourth-order valence-corrected chi connectivity index (χ4v) is 2.26. The zero-order chi connectivity index (χ0) is 17.6. The Balaban J connectivity index is 1.84. The van der Waals surface area contributed by atoms with Crippen LogP contribution < -0.4 is 10.1 Å². The predicted octanol–water partition coefficient (Wildman–Crippen LogP) is 3.83. The van der Waals surface area contributed by atoms with Gasteiger partial charge in [0.15, 0.2) is 6.61 Å². The van der Waals surface area contributed by atoms with Crippen molar-refractivity contribution in [3.63, 3.8) is 0 Å². The Morgan fingerprint density at radius 1 is 1.12 bits per heavy atom. The largest absolute Gasteiger partial charge is 0.484 e. The van der Waals surface area contributed by atoms with Crippen LogP contribution in [-0.4, -0.2) is 18.6 Å². The monoisotopic (exact) mass is 337 g/mol. The molecule has 0 saturated heterocycles. The van der Waals surface area contributed by atoms with Gasteiger partial charge >= 0.3 is 6.18 Å². The van der Waals surface area contributed by atoms with Gasteiger partial charge in [0, 0.05) is 6.04 Å². The molecule has 1 N–H and O–H groups in total. The average molecular weight is 337 g/mol. The topological polar surface area (TPSA) is 38.3 Å². The van der Waals surface area contributed by atoms with E-state index in [0.29, 0.717) is 17.7 Å². The molecule has 1 amide bonds. The van der Waals surface area contributed by atoms with Gasteiger partial charge in [-0.2, -0.15) is 13.2 Å². The van der Waals surface area contributed by atoms with E-state index in [9.17, 15) is 18.0 Å². The quantitative estimate of drug-likeness (QED) is 0.870. The number of para-hydroxylation sites is 1. The van der Waals surface area contributed by atoms with Crippen LogP contribution in [0, 0.1) is 0 Å². The van der Waals surface area contributed by atoms with E-state index >= 15 is 0 Å². The molecule has 2 aromatic carbocycles. The summed E-state index contributed by atoms with van der Waals surface area (Å²) < 4.78 is 43.4. The normalized spacial score (nSPS) is 12.5. The van der Waals surface area contributed by atoms with Crippen LogP contribution >= 0.6 is 0 Å². The summed E-state index contributed by atoms with van der Waals surface area (Å²) in [6, 6.07) is 13.7. The van der Waals surface area contributed by atoms with E-state index in [-0.39, 0.29) is 18.6 Å². The highest BCUT2D eigenvalue weighted by molar-refractivity contribution is 5.77. The fourth-order valence-electron chi connectivity index (χ4n) is 2.26. The first kappa shape index (κ1) is 17.8. The third kappa shape index (κ3) is 5.61. The molecule has 128 valence electrons. The molecular weight excluding hydrogens is 319 g/mol. The highest BCUT2D eigenvalue weighted by Crippen LogP contribution is 2.29. The molecule has 0 heterocycles. The number of nitrogens with one attached hydrogen (secondary N) is 1. The lowest BCUT2D eigenvalue weighted by Crippen LogP contribution is -2.37. The van der Waals surface area contributed by atoms with E-state index in [1.165, 1.54) is 6.07 Å². The van der Waals surface area contributed by atoms with Crippen molar-refractivity contribution in [3.05, 3.63) is 65.7 Å². The summed E-state index contributed by atoms with van der Waals surface area (Å²) in [7, 11) is 0. The number of carbonyl (C=O) groups excluding carboxylic acids is 1. The summed E-state index contributed by atoms with van der Waals surface area (Å²) in [5, 5.41) is 2.71. The molecule has 0 aliphatic carbocycles. The Morgan fingerprint density at radius 3 is 2.50 bits per heavy atom. The molecule has 2 aromatic rings. The first-order chi connectivity index (χ1) is 11.3. The van der Waals surface area contributed by atoms with Crippen LogP contribution in [0.15, 0.2) is 54.6 Å². The Kier molecular flexibility index (Phi) is 5.84. The zero-order valence-corrected chi connectivity index (χ0v) is 13.1. The van der Waals surface area contributed by atoms with E-state index in [4.69, 9.17) is 4.74 Å². The highest BCUT2D eigenvalue weighted by atomic mass is 19.4. The zero-order valence-electron chi connectivity index (χ0n) is 13.1. The van der Waals surface area contributed by atoms with Crippen LogP contribution in [0.2, 0.25) is 0 Å². The number of halogens is 3.